The van der Waals surface area contributed by atoms with Crippen LogP contribution in [0.2, 0.25) is 5.02 Å². The van der Waals surface area contributed by atoms with E-state index in [2.05, 4.69) is 128 Å². The smallest absolute Gasteiger partial charge is 0.0501 e. The Balaban J connectivity index is 0. The van der Waals surface area contributed by atoms with E-state index in [1.54, 1.807) is 0 Å². The summed E-state index contributed by atoms with van der Waals surface area (Å²) < 4.78 is 0. The van der Waals surface area contributed by atoms with Crippen LogP contribution in [0.5, 0.6) is 0 Å². The van der Waals surface area contributed by atoms with Gasteiger partial charge in [-0.2, -0.15) is 0 Å². The molecule has 40 heavy (non-hydrogen) atoms. The first kappa shape index (κ1) is 39.9. The van der Waals surface area contributed by atoms with Gasteiger partial charge in [0.2, 0.25) is 0 Å². The van der Waals surface area contributed by atoms with Gasteiger partial charge in [-0.1, -0.05) is 110 Å². The molecule has 0 aliphatic heterocycles. The van der Waals surface area contributed by atoms with Gasteiger partial charge in [0.15, 0.2) is 0 Å². The van der Waals surface area contributed by atoms with Gasteiger partial charge in [-0.25, -0.2) is 0 Å². The van der Waals surface area contributed by atoms with E-state index in [4.69, 9.17) is 11.6 Å². The van der Waals surface area contributed by atoms with Gasteiger partial charge in [-0.3, -0.25) is 0 Å². The fourth-order valence-corrected chi connectivity index (χ4v) is 4.51. The number of benzene rings is 1. The van der Waals surface area contributed by atoms with Crippen LogP contribution < -0.4 is 4.90 Å². The van der Waals surface area contributed by atoms with Crippen LogP contribution in [-0.4, -0.2) is 6.54 Å². The van der Waals surface area contributed by atoms with Crippen molar-refractivity contribution in [1.82, 2.24) is 0 Å². The summed E-state index contributed by atoms with van der Waals surface area (Å²) in [6, 6.07) is 4.41. The van der Waals surface area contributed by atoms with Crippen molar-refractivity contribution in [2.45, 2.75) is 116 Å². The molecule has 0 radical (unpaired) electrons. The minimum Gasteiger partial charge on any atom is -0.342 e. The SMILES string of the molecule is CC.CC.CC(C)C.C\C=C/C(=C\C=C\C)N(CC)c1cc(Cl)c(/C(C)=C/C=C(\C)C2=CC(C)CC2)cc1CC. The molecule has 0 spiro atoms. The lowest BCUT2D eigenvalue weighted by Gasteiger charge is -2.28. The first-order chi connectivity index (χ1) is 19.1. The van der Waals surface area contributed by atoms with Crippen molar-refractivity contribution >= 4 is 22.9 Å². The Morgan fingerprint density at radius 1 is 0.950 bits per heavy atom. The summed E-state index contributed by atoms with van der Waals surface area (Å²) in [6.07, 6.45) is 20.8. The summed E-state index contributed by atoms with van der Waals surface area (Å²) in [4.78, 5) is 2.34. The molecule has 1 atom stereocenters. The van der Waals surface area contributed by atoms with E-state index in [0.29, 0.717) is 5.92 Å². The summed E-state index contributed by atoms with van der Waals surface area (Å²) in [5, 5.41) is 0.801. The van der Waals surface area contributed by atoms with E-state index in [0.717, 1.165) is 35.2 Å². The summed E-state index contributed by atoms with van der Waals surface area (Å²) in [5.41, 5.74) is 8.82. The highest BCUT2D eigenvalue weighted by atomic mass is 35.5. The molecule has 0 saturated carbocycles. The van der Waals surface area contributed by atoms with E-state index in [-0.39, 0.29) is 0 Å². The lowest BCUT2D eigenvalue weighted by Crippen LogP contribution is -2.22. The largest absolute Gasteiger partial charge is 0.342 e. The molecule has 1 aliphatic rings. The van der Waals surface area contributed by atoms with Crippen LogP contribution in [0.25, 0.3) is 5.57 Å². The van der Waals surface area contributed by atoms with E-state index in [9.17, 15) is 0 Å². The number of anilines is 1. The molecule has 0 saturated heterocycles. The second-order valence-electron chi connectivity index (χ2n) is 10.3. The number of hydrogen-bond acceptors (Lipinski definition) is 1. The molecule has 0 heterocycles. The second-order valence-corrected chi connectivity index (χ2v) is 10.7. The second kappa shape index (κ2) is 23.5. The molecular formula is C38H62ClN. The van der Waals surface area contributed by atoms with Crippen molar-refractivity contribution in [2.24, 2.45) is 11.8 Å². The first-order valence-corrected chi connectivity index (χ1v) is 16.1. The topological polar surface area (TPSA) is 3.24 Å². The highest BCUT2D eigenvalue weighted by Crippen LogP contribution is 2.35. The highest BCUT2D eigenvalue weighted by Gasteiger charge is 2.16. The van der Waals surface area contributed by atoms with Gasteiger partial charge in [0.1, 0.15) is 0 Å². The first-order valence-electron chi connectivity index (χ1n) is 15.7. The Bertz CT molecular complexity index is 1010. The van der Waals surface area contributed by atoms with Crippen molar-refractivity contribution in [3.8, 4) is 0 Å². The molecule has 226 valence electrons. The van der Waals surface area contributed by atoms with Crippen LogP contribution in [0.4, 0.5) is 5.69 Å². The standard InChI is InChI=1S/C30H40ClN.C4H10.2C2H6/c1-8-12-14-27(13-9-2)32(11-4)30-21-29(31)28(20-25(30)10-3)24(7)17-16-23(6)26-18-15-22(5)19-26;1-4(2)3;2*1-2/h8-9,12-14,16-17,19-22H,10-11,15,18H2,1-7H3;4H,1-3H3;2*1-2H3/b12-8+,13-9-,23-16+,24-17+,27-14+;;;. The van der Waals surface area contributed by atoms with Crippen LogP contribution >= 0.6 is 11.6 Å². The van der Waals surface area contributed by atoms with Gasteiger partial charge in [-0.15, -0.1) is 0 Å². The van der Waals surface area contributed by atoms with E-state index in [1.165, 1.54) is 40.8 Å². The molecule has 0 bridgehead atoms. The minimum absolute atomic E-state index is 0.698. The zero-order chi connectivity index (χ0) is 31.3. The Labute approximate surface area is 255 Å². The molecule has 0 aromatic heterocycles. The molecule has 1 aromatic rings. The maximum absolute atomic E-state index is 6.85. The number of nitrogens with zero attached hydrogens (tertiary/aromatic N) is 1. The van der Waals surface area contributed by atoms with E-state index >= 15 is 0 Å². The van der Waals surface area contributed by atoms with Gasteiger partial charge in [0.05, 0.1) is 5.02 Å². The normalized spacial score (nSPS) is 15.8. The Morgan fingerprint density at radius 2 is 1.52 bits per heavy atom. The third kappa shape index (κ3) is 14.4. The van der Waals surface area contributed by atoms with Gasteiger partial charge in [-0.05, 0) is 118 Å². The third-order valence-corrected chi connectivity index (χ3v) is 6.45. The lowest BCUT2D eigenvalue weighted by atomic mass is 9.99. The molecule has 1 unspecified atom stereocenters. The van der Waals surface area contributed by atoms with E-state index in [1.807, 2.05) is 34.6 Å². The molecule has 1 nitrogen and oxygen atoms in total. The maximum Gasteiger partial charge on any atom is 0.0501 e. The van der Waals surface area contributed by atoms with Crippen molar-refractivity contribution < 1.29 is 0 Å². The molecule has 1 aliphatic carbocycles. The molecule has 0 amide bonds. The Hall–Kier alpha value is -2.25. The molecular weight excluding hydrogens is 506 g/mol. The van der Waals surface area contributed by atoms with Crippen LogP contribution in [0.1, 0.15) is 121 Å². The van der Waals surface area contributed by atoms with Gasteiger partial charge in [0, 0.05) is 17.9 Å². The zero-order valence-corrected chi connectivity index (χ0v) is 29.3. The fourth-order valence-electron chi connectivity index (χ4n) is 4.21. The number of halogens is 1. The molecule has 0 fully saturated rings. The van der Waals surface area contributed by atoms with Gasteiger partial charge in [0.25, 0.3) is 0 Å². The molecule has 0 N–H and O–H groups in total. The number of rotatable bonds is 9. The van der Waals surface area contributed by atoms with E-state index < -0.39 is 0 Å². The predicted octanol–water partition coefficient (Wildman–Crippen LogP) is 13.2. The third-order valence-electron chi connectivity index (χ3n) is 6.13. The van der Waals surface area contributed by atoms with Crippen LogP contribution in [0, 0.1) is 11.8 Å². The number of likely N-dealkylation sites (N-methyl/N-ethyl adjacent to an activating group) is 1. The minimum atomic E-state index is 0.698. The van der Waals surface area contributed by atoms with Gasteiger partial charge < -0.3 is 4.90 Å². The summed E-state index contributed by atoms with van der Waals surface area (Å²) in [7, 11) is 0. The highest BCUT2D eigenvalue weighted by molar-refractivity contribution is 6.32. The molecule has 1 aromatic carbocycles. The predicted molar refractivity (Wildman–Crippen MR) is 189 cm³/mol. The maximum atomic E-state index is 6.85. The van der Waals surface area contributed by atoms with Crippen molar-refractivity contribution in [3.05, 3.63) is 93.7 Å². The van der Waals surface area contributed by atoms with Crippen LogP contribution in [0.15, 0.2) is 77.6 Å². The van der Waals surface area contributed by atoms with Crippen LogP contribution in [-0.2, 0) is 6.42 Å². The average Bonchev–Trinajstić information content (AvgIpc) is 3.39. The number of aryl methyl sites for hydroxylation is 1. The average molecular weight is 568 g/mol. The zero-order valence-electron chi connectivity index (χ0n) is 28.6. The Morgan fingerprint density at radius 3 is 1.98 bits per heavy atom. The van der Waals surface area contributed by atoms with Crippen molar-refractivity contribution in [1.29, 1.82) is 0 Å². The number of allylic oxidation sites excluding steroid dienone is 11. The Kier molecular flexibility index (Phi) is 23.4. The van der Waals surface area contributed by atoms with Crippen molar-refractivity contribution in [2.75, 3.05) is 11.4 Å². The fraction of sp³-hybridized carbons (Fsp3) is 0.526. The van der Waals surface area contributed by atoms with Crippen molar-refractivity contribution in [3.63, 3.8) is 0 Å². The van der Waals surface area contributed by atoms with Crippen LogP contribution in [0.3, 0.4) is 0 Å². The summed E-state index contributed by atoms with van der Waals surface area (Å²) >= 11 is 6.85. The summed E-state index contributed by atoms with van der Waals surface area (Å²) in [5.74, 6) is 1.53. The molecule has 2 heteroatoms. The monoisotopic (exact) mass is 567 g/mol. The lowest BCUT2D eigenvalue weighted by molar-refractivity contribution is 0.699. The van der Waals surface area contributed by atoms with Gasteiger partial charge >= 0.3 is 0 Å². The quantitative estimate of drug-likeness (QED) is 0.268. The molecule has 2 rings (SSSR count). The summed E-state index contributed by atoms with van der Waals surface area (Å²) in [6.45, 7) is 30.5. The number of hydrogen-bond donors (Lipinski definition) is 0.